The Morgan fingerprint density at radius 2 is 1.89 bits per heavy atom. The van der Waals surface area contributed by atoms with Crippen LogP contribution in [0.2, 0.25) is 0 Å². The van der Waals surface area contributed by atoms with Crippen molar-refractivity contribution >= 4 is 29.3 Å². The van der Waals surface area contributed by atoms with Gasteiger partial charge in [-0.15, -0.1) is 0 Å². The molecule has 0 unspecified atom stereocenters. The lowest BCUT2D eigenvalue weighted by Crippen LogP contribution is -2.23. The molecule has 144 valence electrons. The number of amides is 2. The molecular weight excluding hydrogens is 379 g/mol. The second kappa shape index (κ2) is 9.18. The molecule has 3 rings (SSSR count). The lowest BCUT2D eigenvalue weighted by atomic mass is 10.1. The van der Waals surface area contributed by atoms with Crippen LogP contribution in [-0.2, 0) is 18.4 Å². The summed E-state index contributed by atoms with van der Waals surface area (Å²) in [5.41, 5.74) is 1.44. The zero-order chi connectivity index (χ0) is 19.9. The number of imidazole rings is 1. The second-order valence-electron chi connectivity index (χ2n) is 6.01. The zero-order valence-electron chi connectivity index (χ0n) is 15.2. The number of hydrogen-bond acceptors (Lipinski definition) is 4. The van der Waals surface area contributed by atoms with Crippen molar-refractivity contribution in [3.8, 4) is 0 Å². The highest BCUT2D eigenvalue weighted by Gasteiger charge is 2.09. The first-order chi connectivity index (χ1) is 13.5. The second-order valence-corrected chi connectivity index (χ2v) is 6.95. The van der Waals surface area contributed by atoms with E-state index < -0.39 is 0 Å². The molecule has 0 saturated carbocycles. The van der Waals surface area contributed by atoms with E-state index in [0.717, 1.165) is 5.16 Å². The molecule has 2 aromatic carbocycles. The fraction of sp³-hybridized carbons (Fsp3) is 0.150. The van der Waals surface area contributed by atoms with Gasteiger partial charge >= 0.3 is 0 Å². The third kappa shape index (κ3) is 5.20. The lowest BCUT2D eigenvalue weighted by molar-refractivity contribution is -0.113. The molecule has 1 heterocycles. The first kappa shape index (κ1) is 19.6. The third-order valence-electron chi connectivity index (χ3n) is 3.94. The quantitative estimate of drug-likeness (QED) is 0.599. The third-order valence-corrected chi connectivity index (χ3v) is 5.00. The molecule has 28 heavy (non-hydrogen) atoms. The topological polar surface area (TPSA) is 76.0 Å². The van der Waals surface area contributed by atoms with Gasteiger partial charge < -0.3 is 15.2 Å². The van der Waals surface area contributed by atoms with E-state index in [1.165, 1.54) is 17.8 Å². The summed E-state index contributed by atoms with van der Waals surface area (Å²) in [5.74, 6) is -0.601. The smallest absolute Gasteiger partial charge is 0.251 e. The Bertz CT molecular complexity index is 972. The Kier molecular flexibility index (Phi) is 6.44. The van der Waals surface area contributed by atoms with Crippen molar-refractivity contribution in [2.45, 2.75) is 11.7 Å². The Hall–Kier alpha value is -3.13. The van der Waals surface area contributed by atoms with Crippen LogP contribution in [-0.4, -0.2) is 27.1 Å². The SMILES string of the molecule is Cn1ccnc1SCC(=O)Nc1ccc(C(=O)NCc2ccccc2F)cc1. The Morgan fingerprint density at radius 1 is 1.14 bits per heavy atom. The average molecular weight is 398 g/mol. The van der Waals surface area contributed by atoms with Gasteiger partial charge in [-0.2, -0.15) is 0 Å². The molecule has 2 amide bonds. The molecule has 8 heteroatoms. The van der Waals surface area contributed by atoms with Crippen molar-refractivity contribution in [1.82, 2.24) is 14.9 Å². The molecule has 0 atom stereocenters. The normalized spacial score (nSPS) is 10.5. The number of anilines is 1. The number of nitrogens with one attached hydrogen (secondary N) is 2. The maximum Gasteiger partial charge on any atom is 0.251 e. The minimum absolute atomic E-state index is 0.106. The van der Waals surface area contributed by atoms with E-state index in [0.29, 0.717) is 16.8 Å². The van der Waals surface area contributed by atoms with Crippen LogP contribution in [0.1, 0.15) is 15.9 Å². The molecule has 0 bridgehead atoms. The van der Waals surface area contributed by atoms with Crippen LogP contribution in [0.3, 0.4) is 0 Å². The van der Waals surface area contributed by atoms with Gasteiger partial charge in [-0.1, -0.05) is 30.0 Å². The fourth-order valence-corrected chi connectivity index (χ4v) is 3.17. The zero-order valence-corrected chi connectivity index (χ0v) is 16.0. The highest BCUT2D eigenvalue weighted by atomic mass is 32.2. The molecule has 3 aromatic rings. The predicted molar refractivity (Wildman–Crippen MR) is 107 cm³/mol. The largest absolute Gasteiger partial charge is 0.348 e. The molecule has 0 spiro atoms. The van der Waals surface area contributed by atoms with E-state index in [2.05, 4.69) is 15.6 Å². The number of carbonyl (C=O) groups excluding carboxylic acids is 2. The van der Waals surface area contributed by atoms with Crippen LogP contribution < -0.4 is 10.6 Å². The summed E-state index contributed by atoms with van der Waals surface area (Å²) < 4.78 is 15.4. The number of thioether (sulfide) groups is 1. The lowest BCUT2D eigenvalue weighted by Gasteiger charge is -2.08. The highest BCUT2D eigenvalue weighted by molar-refractivity contribution is 7.99. The highest BCUT2D eigenvalue weighted by Crippen LogP contribution is 2.16. The van der Waals surface area contributed by atoms with Crippen LogP contribution in [0.4, 0.5) is 10.1 Å². The number of benzene rings is 2. The van der Waals surface area contributed by atoms with Gasteiger partial charge in [0.15, 0.2) is 5.16 Å². The van der Waals surface area contributed by atoms with Crippen molar-refractivity contribution in [2.75, 3.05) is 11.1 Å². The van der Waals surface area contributed by atoms with Gasteiger partial charge in [0, 0.05) is 42.8 Å². The van der Waals surface area contributed by atoms with Gasteiger partial charge in [0.05, 0.1) is 5.75 Å². The molecule has 0 radical (unpaired) electrons. The summed E-state index contributed by atoms with van der Waals surface area (Å²) >= 11 is 1.34. The summed E-state index contributed by atoms with van der Waals surface area (Å²) in [7, 11) is 1.86. The van der Waals surface area contributed by atoms with Gasteiger partial charge in [-0.3, -0.25) is 9.59 Å². The van der Waals surface area contributed by atoms with E-state index in [1.807, 2.05) is 17.8 Å². The van der Waals surface area contributed by atoms with Gasteiger partial charge in [0.25, 0.3) is 5.91 Å². The summed E-state index contributed by atoms with van der Waals surface area (Å²) in [6, 6.07) is 12.8. The summed E-state index contributed by atoms with van der Waals surface area (Å²) in [5, 5.41) is 6.22. The van der Waals surface area contributed by atoms with E-state index in [1.54, 1.807) is 48.7 Å². The molecular formula is C20H19FN4O2S. The summed E-state index contributed by atoms with van der Waals surface area (Å²) in [6.07, 6.45) is 3.49. The predicted octanol–water partition coefficient (Wildman–Crippen LogP) is 3.22. The maximum absolute atomic E-state index is 13.6. The molecule has 0 aliphatic heterocycles. The van der Waals surface area contributed by atoms with E-state index in [4.69, 9.17) is 0 Å². The number of carbonyl (C=O) groups is 2. The number of halogens is 1. The Labute approximate surface area is 166 Å². The van der Waals surface area contributed by atoms with Crippen molar-refractivity contribution in [2.24, 2.45) is 7.05 Å². The van der Waals surface area contributed by atoms with Crippen molar-refractivity contribution in [3.05, 3.63) is 77.9 Å². The number of nitrogens with zero attached hydrogens (tertiary/aromatic N) is 2. The van der Waals surface area contributed by atoms with Crippen LogP contribution in [0, 0.1) is 5.82 Å². The summed E-state index contributed by atoms with van der Waals surface area (Å²) in [4.78, 5) is 28.4. The van der Waals surface area contributed by atoms with Gasteiger partial charge in [-0.25, -0.2) is 9.37 Å². The van der Waals surface area contributed by atoms with E-state index in [-0.39, 0.29) is 29.9 Å². The van der Waals surface area contributed by atoms with Crippen LogP contribution >= 0.6 is 11.8 Å². The van der Waals surface area contributed by atoms with Crippen LogP contribution in [0.15, 0.2) is 66.1 Å². The van der Waals surface area contributed by atoms with Gasteiger partial charge in [-0.05, 0) is 30.3 Å². The number of hydrogen-bond donors (Lipinski definition) is 2. The molecule has 0 aliphatic rings. The van der Waals surface area contributed by atoms with Crippen molar-refractivity contribution < 1.29 is 14.0 Å². The van der Waals surface area contributed by atoms with E-state index in [9.17, 15) is 14.0 Å². The number of aryl methyl sites for hydroxylation is 1. The molecule has 0 saturated heterocycles. The Morgan fingerprint density at radius 3 is 2.57 bits per heavy atom. The van der Waals surface area contributed by atoms with Crippen molar-refractivity contribution in [1.29, 1.82) is 0 Å². The summed E-state index contributed by atoms with van der Waals surface area (Å²) in [6.45, 7) is 0.106. The number of rotatable bonds is 7. The van der Waals surface area contributed by atoms with Gasteiger partial charge in [0.2, 0.25) is 5.91 Å². The van der Waals surface area contributed by atoms with Crippen molar-refractivity contribution in [3.63, 3.8) is 0 Å². The molecule has 6 nitrogen and oxygen atoms in total. The Balaban J connectivity index is 1.50. The first-order valence-corrected chi connectivity index (χ1v) is 9.53. The molecule has 2 N–H and O–H groups in total. The average Bonchev–Trinajstić information content (AvgIpc) is 3.11. The fourth-order valence-electron chi connectivity index (χ4n) is 2.44. The standard InChI is InChI=1S/C20H19FN4O2S/c1-25-11-10-22-20(25)28-13-18(26)24-16-8-6-14(7-9-16)19(27)23-12-15-4-2-3-5-17(15)21/h2-11H,12-13H2,1H3,(H,23,27)(H,24,26). The number of aromatic nitrogens is 2. The minimum atomic E-state index is -0.357. The van der Waals surface area contributed by atoms with Gasteiger partial charge in [0.1, 0.15) is 5.82 Å². The molecule has 0 aliphatic carbocycles. The molecule has 0 fully saturated rings. The maximum atomic E-state index is 13.6. The molecule has 1 aromatic heterocycles. The first-order valence-electron chi connectivity index (χ1n) is 8.54. The monoisotopic (exact) mass is 398 g/mol. The van der Waals surface area contributed by atoms with Crippen LogP contribution in [0.25, 0.3) is 0 Å². The van der Waals surface area contributed by atoms with Crippen LogP contribution in [0.5, 0.6) is 0 Å². The minimum Gasteiger partial charge on any atom is -0.348 e. The van der Waals surface area contributed by atoms with E-state index >= 15 is 0 Å².